The maximum absolute atomic E-state index is 4.03. The Labute approximate surface area is 43.6 Å². The molecule has 0 radical (unpaired) electrons. The maximum atomic E-state index is 4.03. The van der Waals surface area contributed by atoms with Gasteiger partial charge in [0.15, 0.2) is 0 Å². The molecule has 0 aromatic heterocycles. The van der Waals surface area contributed by atoms with Crippen LogP contribution in [0.2, 0.25) is 0 Å². The molecule has 0 amide bonds. The van der Waals surface area contributed by atoms with Gasteiger partial charge in [0.05, 0.1) is 0 Å². The second kappa shape index (κ2) is 1.63. The summed E-state index contributed by atoms with van der Waals surface area (Å²) in [5.74, 6) is 0. The topological polar surface area (TPSA) is 15.6 Å². The van der Waals surface area contributed by atoms with Gasteiger partial charge in [0.1, 0.15) is 0 Å². The number of nitrogens with zero attached hydrogens (tertiary/aromatic N) is 2. The van der Waals surface area contributed by atoms with Crippen molar-refractivity contribution >= 4 is 21.5 Å². The summed E-state index contributed by atoms with van der Waals surface area (Å²) in [4.78, 5) is 2.10. The Morgan fingerprint density at radius 2 is 2.83 bits per heavy atom. The van der Waals surface area contributed by atoms with E-state index in [4.69, 9.17) is 0 Å². The van der Waals surface area contributed by atoms with Crippen molar-refractivity contribution < 1.29 is 0 Å². The van der Waals surface area contributed by atoms with Gasteiger partial charge in [-0.05, 0) is 0 Å². The van der Waals surface area contributed by atoms with Crippen LogP contribution in [0.3, 0.4) is 0 Å². The van der Waals surface area contributed by atoms with Crippen LogP contribution in [0.1, 0.15) is 0 Å². The second-order valence-corrected chi connectivity index (χ2v) is 2.76. The monoisotopic (exact) mass is 150 g/mol. The first-order valence-corrected chi connectivity index (χ1v) is 3.73. The van der Waals surface area contributed by atoms with Crippen molar-refractivity contribution in [1.29, 1.82) is 0 Å². The summed E-state index contributed by atoms with van der Waals surface area (Å²) in [5.41, 5.74) is 1.16. The zero-order valence-corrected chi connectivity index (χ0v) is 5.30. The van der Waals surface area contributed by atoms with Gasteiger partial charge < -0.3 is 0 Å². The fourth-order valence-corrected chi connectivity index (χ4v) is 1.41. The average Bonchev–Trinajstić information content (AvgIpc) is 1.86. The van der Waals surface area contributed by atoms with Crippen LogP contribution in [0.5, 0.6) is 0 Å². The van der Waals surface area contributed by atoms with Crippen molar-refractivity contribution in [2.75, 3.05) is 12.5 Å². The fraction of sp³-hybridized carbons (Fsp3) is 0.667. The molecular formula is C3H6N2Se. The first-order chi connectivity index (χ1) is 2.89. The molecule has 6 heavy (non-hydrogen) atoms. The van der Waals surface area contributed by atoms with Crippen LogP contribution in [0.25, 0.3) is 0 Å². The third-order valence-corrected chi connectivity index (χ3v) is 2.19. The van der Waals surface area contributed by atoms with Crippen LogP contribution in [0.4, 0.5) is 0 Å². The van der Waals surface area contributed by atoms with E-state index < -0.39 is 0 Å². The van der Waals surface area contributed by atoms with Gasteiger partial charge in [0.2, 0.25) is 0 Å². The van der Waals surface area contributed by atoms with Crippen molar-refractivity contribution in [1.82, 2.24) is 4.90 Å². The van der Waals surface area contributed by atoms with Crippen LogP contribution < -0.4 is 0 Å². The van der Waals surface area contributed by atoms with Gasteiger partial charge in [0.25, 0.3) is 0 Å². The van der Waals surface area contributed by atoms with E-state index in [0.717, 1.165) is 5.44 Å². The van der Waals surface area contributed by atoms with E-state index in [1.807, 2.05) is 13.4 Å². The van der Waals surface area contributed by atoms with Gasteiger partial charge in [-0.1, -0.05) is 0 Å². The Hall–Kier alpha value is -0.0105. The number of rotatable bonds is 0. The summed E-state index contributed by atoms with van der Waals surface area (Å²) < 4.78 is 4.03. The molecule has 34 valence electrons. The van der Waals surface area contributed by atoms with Crippen LogP contribution in [0, 0.1) is 0 Å². The molecule has 0 aliphatic carbocycles. The molecule has 0 aromatic carbocycles. The van der Waals surface area contributed by atoms with E-state index in [9.17, 15) is 0 Å². The average molecular weight is 149 g/mol. The van der Waals surface area contributed by atoms with Crippen LogP contribution in [-0.4, -0.2) is 38.9 Å². The van der Waals surface area contributed by atoms with E-state index in [1.54, 1.807) is 0 Å². The molecule has 1 aliphatic rings. The Morgan fingerprint density at radius 3 is 3.00 bits per heavy atom. The molecular weight excluding hydrogens is 143 g/mol. The quantitative estimate of drug-likeness (QED) is 0.425. The summed E-state index contributed by atoms with van der Waals surface area (Å²) in [5, 5.41) is 0. The predicted molar refractivity (Wildman–Crippen MR) is 26.9 cm³/mol. The van der Waals surface area contributed by atoms with E-state index in [2.05, 4.69) is 8.91 Å². The molecule has 3 heteroatoms. The van der Waals surface area contributed by atoms with E-state index in [-0.39, 0.29) is 0 Å². The van der Waals surface area contributed by atoms with Gasteiger partial charge in [-0.2, -0.15) is 0 Å². The summed E-state index contributed by atoms with van der Waals surface area (Å²) in [6.45, 7) is 0. The molecule has 2 nitrogen and oxygen atoms in total. The first-order valence-electron chi connectivity index (χ1n) is 1.75. The van der Waals surface area contributed by atoms with Crippen LogP contribution in [-0.2, 0) is 0 Å². The summed E-state index contributed by atoms with van der Waals surface area (Å²) >= 11 is 0.536. The van der Waals surface area contributed by atoms with Crippen molar-refractivity contribution in [3.63, 3.8) is 0 Å². The van der Waals surface area contributed by atoms with E-state index >= 15 is 0 Å². The predicted octanol–water partition coefficient (Wildman–Crippen LogP) is -0.463. The van der Waals surface area contributed by atoms with Gasteiger partial charge in [0, 0.05) is 0 Å². The van der Waals surface area contributed by atoms with Crippen LogP contribution in [0.15, 0.2) is 4.01 Å². The molecule has 0 unspecified atom stereocenters. The first kappa shape index (κ1) is 4.16. The van der Waals surface area contributed by atoms with Gasteiger partial charge >= 0.3 is 42.9 Å². The van der Waals surface area contributed by atoms with Gasteiger partial charge in [-0.3, -0.25) is 0 Å². The molecule has 1 heterocycles. The SMILES string of the molecule is CN1C=N[Se]C1. The van der Waals surface area contributed by atoms with E-state index in [1.165, 1.54) is 0 Å². The van der Waals surface area contributed by atoms with Crippen LogP contribution >= 0.6 is 0 Å². The number of hydrogen-bond donors (Lipinski definition) is 0. The minimum atomic E-state index is 0.536. The van der Waals surface area contributed by atoms with Gasteiger partial charge in [-0.25, -0.2) is 0 Å². The third-order valence-electron chi connectivity index (χ3n) is 0.580. The fourth-order valence-electron chi connectivity index (χ4n) is 0.272. The van der Waals surface area contributed by atoms with Crippen molar-refractivity contribution in [3.8, 4) is 0 Å². The molecule has 0 saturated heterocycles. The standard InChI is InChI=1S/C3H6N2Se/c1-5-2-4-6-3-5/h2H,3H2,1H3. The molecule has 0 fully saturated rings. The third kappa shape index (κ3) is 0.730. The minimum absolute atomic E-state index is 0.536. The Balaban J connectivity index is 2.38. The van der Waals surface area contributed by atoms with E-state index in [0.29, 0.717) is 15.2 Å². The normalized spacial score (nSPS) is 19.8. The molecule has 0 N–H and O–H groups in total. The van der Waals surface area contributed by atoms with Crippen molar-refractivity contribution in [2.24, 2.45) is 4.01 Å². The summed E-state index contributed by atoms with van der Waals surface area (Å²) in [6.07, 6.45) is 1.89. The zero-order valence-electron chi connectivity index (χ0n) is 3.59. The zero-order chi connectivity index (χ0) is 4.41. The molecule has 1 aliphatic heterocycles. The summed E-state index contributed by atoms with van der Waals surface area (Å²) in [7, 11) is 2.04. The Bertz CT molecular complexity index is 71.2. The Kier molecular flexibility index (Phi) is 1.13. The molecule has 0 spiro atoms. The second-order valence-electron chi connectivity index (χ2n) is 1.24. The molecule has 0 saturated carbocycles. The van der Waals surface area contributed by atoms with Gasteiger partial charge in [-0.15, -0.1) is 0 Å². The summed E-state index contributed by atoms with van der Waals surface area (Å²) in [6, 6.07) is 0. The Morgan fingerprint density at radius 1 is 2.00 bits per heavy atom. The molecule has 0 bridgehead atoms. The van der Waals surface area contributed by atoms with Crippen molar-refractivity contribution in [3.05, 3.63) is 0 Å². The van der Waals surface area contributed by atoms with Crippen molar-refractivity contribution in [2.45, 2.75) is 0 Å². The molecule has 0 atom stereocenters. The molecule has 1 rings (SSSR count). The number of hydrogen-bond acceptors (Lipinski definition) is 2. The molecule has 0 aromatic rings.